The van der Waals surface area contributed by atoms with Gasteiger partial charge in [0.15, 0.2) is 6.10 Å². The summed E-state index contributed by atoms with van der Waals surface area (Å²) in [6, 6.07) is 6.73. The van der Waals surface area contributed by atoms with E-state index in [1.807, 2.05) is 0 Å². The molecule has 1 unspecified atom stereocenters. The molecule has 9 heteroatoms. The van der Waals surface area contributed by atoms with E-state index >= 15 is 0 Å². The van der Waals surface area contributed by atoms with Crippen LogP contribution in [0.15, 0.2) is 46.9 Å². The van der Waals surface area contributed by atoms with Crippen LogP contribution in [-0.4, -0.2) is 48.0 Å². The Hall–Kier alpha value is -3.20. The molecule has 0 fully saturated rings. The SMILES string of the molecule is COC1=C(OC)C(=O)C(CCCCCCCCC(Oc2ccc(C(N)=S)cc2)C(=O)O)=C(C)C1=O. The first-order valence-electron chi connectivity index (χ1n) is 11.6. The van der Waals surface area contributed by atoms with Crippen molar-refractivity contribution in [2.24, 2.45) is 5.73 Å². The molecule has 35 heavy (non-hydrogen) atoms. The summed E-state index contributed by atoms with van der Waals surface area (Å²) in [5, 5.41) is 9.46. The van der Waals surface area contributed by atoms with E-state index in [0.717, 1.165) is 38.5 Å². The lowest BCUT2D eigenvalue weighted by molar-refractivity contribution is -0.145. The van der Waals surface area contributed by atoms with Gasteiger partial charge in [0.05, 0.1) is 14.2 Å². The number of hydrogen-bond acceptors (Lipinski definition) is 7. The Morgan fingerprint density at radius 3 is 2.03 bits per heavy atom. The maximum atomic E-state index is 12.6. The highest BCUT2D eigenvalue weighted by Gasteiger charge is 2.34. The number of carbonyl (C=O) groups excluding carboxylic acids is 2. The van der Waals surface area contributed by atoms with Gasteiger partial charge in [-0.2, -0.15) is 0 Å². The zero-order chi connectivity index (χ0) is 26.0. The van der Waals surface area contributed by atoms with Crippen molar-refractivity contribution in [2.45, 2.75) is 64.4 Å². The summed E-state index contributed by atoms with van der Waals surface area (Å²) in [5.41, 5.74) is 7.16. The molecule has 0 bridgehead atoms. The predicted molar refractivity (Wildman–Crippen MR) is 135 cm³/mol. The van der Waals surface area contributed by atoms with E-state index in [9.17, 15) is 19.5 Å². The fourth-order valence-corrected chi connectivity index (χ4v) is 4.06. The molecule has 1 aliphatic carbocycles. The van der Waals surface area contributed by atoms with Crippen molar-refractivity contribution in [3.8, 4) is 5.75 Å². The molecule has 0 saturated carbocycles. The number of hydrogen-bond donors (Lipinski definition) is 2. The van der Waals surface area contributed by atoms with Gasteiger partial charge in [-0.05, 0) is 56.9 Å². The second kappa shape index (κ2) is 13.6. The number of methoxy groups -OCH3 is 2. The average molecular weight is 504 g/mol. The number of thiocarbonyl (C=S) groups is 1. The molecular formula is C26H33NO7S. The Morgan fingerprint density at radius 1 is 0.943 bits per heavy atom. The zero-order valence-electron chi connectivity index (χ0n) is 20.4. The van der Waals surface area contributed by atoms with E-state index < -0.39 is 12.1 Å². The number of ether oxygens (including phenoxy) is 3. The van der Waals surface area contributed by atoms with Crippen molar-refractivity contribution in [3.05, 3.63) is 52.5 Å². The lowest BCUT2D eigenvalue weighted by Gasteiger charge is -2.20. The number of Topliss-reactive ketones (excluding diaryl/α,β-unsaturated/α-hetero) is 2. The van der Waals surface area contributed by atoms with Gasteiger partial charge in [0.2, 0.25) is 23.1 Å². The van der Waals surface area contributed by atoms with E-state index in [1.165, 1.54) is 14.2 Å². The van der Waals surface area contributed by atoms with Crippen molar-refractivity contribution >= 4 is 34.7 Å². The van der Waals surface area contributed by atoms with Crippen LogP contribution < -0.4 is 10.5 Å². The van der Waals surface area contributed by atoms with Gasteiger partial charge < -0.3 is 25.1 Å². The lowest BCUT2D eigenvalue weighted by Crippen LogP contribution is -2.27. The van der Waals surface area contributed by atoms with Crippen molar-refractivity contribution in [1.29, 1.82) is 0 Å². The van der Waals surface area contributed by atoms with Gasteiger partial charge in [-0.15, -0.1) is 0 Å². The number of nitrogens with two attached hydrogens (primary N) is 1. The minimum atomic E-state index is -1.00. The molecule has 0 spiro atoms. The molecule has 0 radical (unpaired) electrons. The summed E-state index contributed by atoms with van der Waals surface area (Å²) in [7, 11) is 2.70. The number of carbonyl (C=O) groups is 3. The molecule has 0 heterocycles. The van der Waals surface area contributed by atoms with Gasteiger partial charge in [0.1, 0.15) is 10.7 Å². The first kappa shape index (κ1) is 28.0. The molecule has 190 valence electrons. The van der Waals surface area contributed by atoms with Crippen LogP contribution in [0.3, 0.4) is 0 Å². The summed E-state index contributed by atoms with van der Waals surface area (Å²) in [6.07, 6.45) is 5.15. The number of ketones is 2. The monoisotopic (exact) mass is 503 g/mol. The van der Waals surface area contributed by atoms with E-state index in [1.54, 1.807) is 31.2 Å². The summed E-state index contributed by atoms with van der Waals surface area (Å²) in [6.45, 7) is 1.64. The molecule has 1 atom stereocenters. The maximum absolute atomic E-state index is 12.6. The van der Waals surface area contributed by atoms with Crippen LogP contribution in [0.5, 0.6) is 5.75 Å². The Balaban J connectivity index is 1.71. The van der Waals surface area contributed by atoms with Crippen LogP contribution >= 0.6 is 12.2 Å². The first-order valence-corrected chi connectivity index (χ1v) is 12.0. The molecule has 8 nitrogen and oxygen atoms in total. The second-order valence-electron chi connectivity index (χ2n) is 8.32. The fourth-order valence-electron chi connectivity index (χ4n) is 3.93. The smallest absolute Gasteiger partial charge is 0.344 e. The highest BCUT2D eigenvalue weighted by Crippen LogP contribution is 2.29. The van der Waals surface area contributed by atoms with E-state index in [-0.39, 0.29) is 28.1 Å². The number of carboxylic acid groups (broad SMARTS) is 1. The van der Waals surface area contributed by atoms with Crippen molar-refractivity contribution < 1.29 is 33.7 Å². The molecule has 0 amide bonds. The standard InChI is InChI=1S/C26H33NO7S/c1-16-19(22(29)24(33-3)23(32-2)21(16)28)10-8-6-4-5-7-9-11-20(26(30)31)34-18-14-12-17(13-15-18)25(27)35/h12-15,20H,4-11H2,1-3H3,(H2,27,35)(H,30,31). The van der Waals surface area contributed by atoms with Crippen LogP contribution in [-0.2, 0) is 23.9 Å². The largest absolute Gasteiger partial charge is 0.489 e. The highest BCUT2D eigenvalue weighted by molar-refractivity contribution is 7.80. The van der Waals surface area contributed by atoms with Gasteiger partial charge in [-0.25, -0.2) is 4.79 Å². The first-order chi connectivity index (χ1) is 16.7. The molecule has 1 aromatic rings. The third-order valence-electron chi connectivity index (χ3n) is 5.93. The number of carboxylic acids is 1. The molecule has 1 aliphatic rings. The van der Waals surface area contributed by atoms with Gasteiger partial charge in [0.25, 0.3) is 0 Å². The molecular weight excluding hydrogens is 470 g/mol. The average Bonchev–Trinajstić information content (AvgIpc) is 2.83. The molecule has 0 saturated heterocycles. The number of allylic oxidation sites excluding steroid dienone is 2. The van der Waals surface area contributed by atoms with Crippen LogP contribution in [0.1, 0.15) is 63.9 Å². The van der Waals surface area contributed by atoms with Gasteiger partial charge in [-0.1, -0.05) is 37.9 Å². The Morgan fingerprint density at radius 2 is 1.49 bits per heavy atom. The maximum Gasteiger partial charge on any atom is 0.344 e. The van der Waals surface area contributed by atoms with Crippen molar-refractivity contribution in [1.82, 2.24) is 0 Å². The summed E-state index contributed by atoms with van der Waals surface area (Å²) in [4.78, 5) is 36.9. The van der Waals surface area contributed by atoms with Crippen molar-refractivity contribution in [2.75, 3.05) is 14.2 Å². The minimum Gasteiger partial charge on any atom is -0.489 e. The predicted octanol–water partition coefficient (Wildman–Crippen LogP) is 4.25. The number of unbranched alkanes of at least 4 members (excludes halogenated alkanes) is 5. The van der Waals surface area contributed by atoms with E-state index in [2.05, 4.69) is 0 Å². The quantitative estimate of drug-likeness (QED) is 0.205. The third-order valence-corrected chi connectivity index (χ3v) is 6.17. The van der Waals surface area contributed by atoms with E-state index in [4.69, 9.17) is 32.2 Å². The Labute approximate surface area is 211 Å². The minimum absolute atomic E-state index is 0.0351. The normalized spacial score (nSPS) is 14.7. The molecule has 1 aromatic carbocycles. The topological polar surface area (TPSA) is 125 Å². The van der Waals surface area contributed by atoms with Gasteiger partial charge >= 0.3 is 5.97 Å². The number of rotatable bonds is 15. The molecule has 3 N–H and O–H groups in total. The second-order valence-corrected chi connectivity index (χ2v) is 8.76. The van der Waals surface area contributed by atoms with Crippen LogP contribution in [0.4, 0.5) is 0 Å². The van der Waals surface area contributed by atoms with E-state index in [0.29, 0.717) is 35.3 Å². The van der Waals surface area contributed by atoms with Crippen LogP contribution in [0, 0.1) is 0 Å². The number of benzene rings is 1. The third kappa shape index (κ3) is 7.65. The van der Waals surface area contributed by atoms with Gasteiger partial charge in [-0.3, -0.25) is 9.59 Å². The number of aliphatic carboxylic acids is 1. The fraction of sp³-hybridized carbons (Fsp3) is 0.462. The van der Waals surface area contributed by atoms with Crippen LogP contribution in [0.2, 0.25) is 0 Å². The molecule has 2 rings (SSSR count). The molecule has 0 aliphatic heterocycles. The van der Waals surface area contributed by atoms with Crippen LogP contribution in [0.25, 0.3) is 0 Å². The lowest BCUT2D eigenvalue weighted by atomic mass is 9.89. The highest BCUT2D eigenvalue weighted by atomic mass is 32.1. The zero-order valence-corrected chi connectivity index (χ0v) is 21.2. The molecule has 0 aromatic heterocycles. The summed E-state index contributed by atoms with van der Waals surface area (Å²) >= 11 is 4.91. The van der Waals surface area contributed by atoms with Crippen molar-refractivity contribution in [3.63, 3.8) is 0 Å². The Kier molecular flexibility index (Phi) is 10.9. The summed E-state index contributed by atoms with van der Waals surface area (Å²) < 4.78 is 15.8. The summed E-state index contributed by atoms with van der Waals surface area (Å²) in [5.74, 6) is -1.22. The Bertz CT molecular complexity index is 1010. The van der Waals surface area contributed by atoms with Gasteiger partial charge in [0, 0.05) is 16.7 Å².